The summed E-state index contributed by atoms with van der Waals surface area (Å²) in [6.45, 7) is 5.80. The number of aromatic nitrogens is 3. The second kappa shape index (κ2) is 13.7. The molecule has 2 heterocycles. The van der Waals surface area contributed by atoms with Gasteiger partial charge in [-0.3, -0.25) is 15.1 Å². The number of amides is 3. The Morgan fingerprint density at radius 1 is 1.09 bits per heavy atom. The van der Waals surface area contributed by atoms with Crippen LogP contribution in [-0.2, 0) is 4.79 Å². The number of rotatable bonds is 9. The van der Waals surface area contributed by atoms with Crippen LogP contribution < -0.4 is 20.5 Å². The van der Waals surface area contributed by atoms with Crippen molar-refractivity contribution in [3.05, 3.63) is 90.0 Å². The number of hydrogen-bond donors (Lipinski definition) is 2. The van der Waals surface area contributed by atoms with E-state index in [4.69, 9.17) is 0 Å². The lowest BCUT2D eigenvalue weighted by Gasteiger charge is -2.22. The van der Waals surface area contributed by atoms with Crippen molar-refractivity contribution in [1.29, 1.82) is 0 Å². The highest BCUT2D eigenvalue weighted by atomic mass is 32.2. The first-order chi connectivity index (χ1) is 21.9. The number of urea groups is 1. The summed E-state index contributed by atoms with van der Waals surface area (Å²) in [4.78, 5) is 35.2. The van der Waals surface area contributed by atoms with Crippen LogP contribution in [0, 0.1) is 5.82 Å². The summed E-state index contributed by atoms with van der Waals surface area (Å²) in [6.07, 6.45) is -2.72. The normalized spacial score (nSPS) is 15.1. The predicted octanol–water partition coefficient (Wildman–Crippen LogP) is 6.90. The van der Waals surface area contributed by atoms with Gasteiger partial charge in [0.15, 0.2) is 11.0 Å². The molecule has 0 bridgehead atoms. The molecule has 1 fully saturated rings. The molecule has 5 rings (SSSR count). The molecule has 1 aromatic heterocycles. The first-order valence-electron chi connectivity index (χ1n) is 14.2. The molecule has 0 aliphatic carbocycles. The molecule has 0 radical (unpaired) electrons. The van der Waals surface area contributed by atoms with E-state index in [1.165, 1.54) is 52.3 Å². The number of aliphatic imine (C=N–C) groups is 1. The fourth-order valence-corrected chi connectivity index (χ4v) is 5.61. The van der Waals surface area contributed by atoms with Crippen LogP contribution in [0.3, 0.4) is 0 Å². The van der Waals surface area contributed by atoms with Crippen LogP contribution in [0.25, 0.3) is 17.1 Å². The molecule has 1 saturated heterocycles. The number of nitrogens with one attached hydrogen (secondary N) is 2. The lowest BCUT2D eigenvalue weighted by molar-refractivity contribution is -0.274. The number of hydrogen-bond acceptors (Lipinski definition) is 7. The number of anilines is 1. The van der Waals surface area contributed by atoms with Crippen LogP contribution in [0.5, 0.6) is 5.75 Å². The average molecular weight is 656 g/mol. The van der Waals surface area contributed by atoms with Gasteiger partial charge in [-0.15, -0.1) is 18.3 Å². The maximum absolute atomic E-state index is 14.1. The maximum atomic E-state index is 14.1. The van der Waals surface area contributed by atoms with Crippen molar-refractivity contribution in [3.63, 3.8) is 0 Å². The summed E-state index contributed by atoms with van der Waals surface area (Å²) in [5.74, 6) is -0.641. The Bertz CT molecular complexity index is 1740. The van der Waals surface area contributed by atoms with Gasteiger partial charge >= 0.3 is 12.4 Å². The highest BCUT2D eigenvalue weighted by Crippen LogP contribution is 2.34. The van der Waals surface area contributed by atoms with Crippen LogP contribution in [0.4, 0.5) is 28.0 Å². The third-order valence-corrected chi connectivity index (χ3v) is 7.90. The minimum absolute atomic E-state index is 0.0106. The smallest absolute Gasteiger partial charge is 0.406 e. The third kappa shape index (κ3) is 7.72. The summed E-state index contributed by atoms with van der Waals surface area (Å²) in [7, 11) is 0. The van der Waals surface area contributed by atoms with E-state index in [1.807, 2.05) is 45.0 Å². The Hall–Kier alpha value is -4.76. The number of thioether (sulfide) groups is 1. The van der Waals surface area contributed by atoms with E-state index in [2.05, 4.69) is 30.7 Å². The Kier molecular flexibility index (Phi) is 9.72. The van der Waals surface area contributed by atoms with Crippen molar-refractivity contribution in [1.82, 2.24) is 25.6 Å². The number of halogens is 4. The molecular weight excluding hydrogens is 626 g/mol. The van der Waals surface area contributed by atoms with Crippen LogP contribution in [-0.4, -0.2) is 44.0 Å². The van der Waals surface area contributed by atoms with Gasteiger partial charge in [0.1, 0.15) is 17.9 Å². The first-order valence-corrected chi connectivity index (χ1v) is 15.2. The largest absolute Gasteiger partial charge is 0.573 e. The van der Waals surface area contributed by atoms with E-state index < -0.39 is 18.2 Å². The summed E-state index contributed by atoms with van der Waals surface area (Å²) in [5.41, 5.74) is 8.73. The monoisotopic (exact) mass is 655 g/mol. The van der Waals surface area contributed by atoms with E-state index in [0.717, 1.165) is 22.9 Å². The van der Waals surface area contributed by atoms with E-state index in [0.29, 0.717) is 29.2 Å². The maximum Gasteiger partial charge on any atom is 0.573 e. The molecular formula is C31H29F4N7O3S. The lowest BCUT2D eigenvalue weighted by Crippen LogP contribution is -2.39. The molecule has 1 aliphatic heterocycles. The van der Waals surface area contributed by atoms with Gasteiger partial charge < -0.3 is 4.74 Å². The molecule has 240 valence electrons. The molecule has 0 spiro atoms. The van der Waals surface area contributed by atoms with Crippen molar-refractivity contribution in [2.24, 2.45) is 4.99 Å². The summed E-state index contributed by atoms with van der Waals surface area (Å²) >= 11 is 1.10. The van der Waals surface area contributed by atoms with E-state index in [1.54, 1.807) is 6.07 Å². The molecule has 3 aromatic carbocycles. The van der Waals surface area contributed by atoms with Gasteiger partial charge in [0, 0.05) is 5.56 Å². The summed E-state index contributed by atoms with van der Waals surface area (Å²) < 4.78 is 56.7. The number of benzene rings is 3. The number of hydrazine groups is 1. The van der Waals surface area contributed by atoms with Crippen molar-refractivity contribution in [3.8, 4) is 22.8 Å². The van der Waals surface area contributed by atoms with Crippen molar-refractivity contribution in [2.45, 2.75) is 45.5 Å². The quantitative estimate of drug-likeness (QED) is 0.149. The van der Waals surface area contributed by atoms with Gasteiger partial charge in [-0.2, -0.15) is 4.99 Å². The number of amidine groups is 1. The average Bonchev–Trinajstić information content (AvgIpc) is 3.64. The Labute approximate surface area is 265 Å². The van der Waals surface area contributed by atoms with E-state index >= 15 is 0 Å². The molecule has 1 aliphatic rings. The molecule has 4 aromatic rings. The van der Waals surface area contributed by atoms with Crippen LogP contribution in [0.2, 0.25) is 0 Å². The minimum Gasteiger partial charge on any atom is -0.406 e. The van der Waals surface area contributed by atoms with Gasteiger partial charge in [0.25, 0.3) is 0 Å². The second-order valence-corrected chi connectivity index (χ2v) is 11.4. The van der Waals surface area contributed by atoms with Gasteiger partial charge in [0.05, 0.1) is 23.2 Å². The highest BCUT2D eigenvalue weighted by Gasteiger charge is 2.33. The fraction of sp³-hybridized carbons (Fsp3) is 0.258. The van der Waals surface area contributed by atoms with E-state index in [-0.39, 0.29) is 34.5 Å². The topological polar surface area (TPSA) is 114 Å². The number of alkyl halides is 3. The molecule has 46 heavy (non-hydrogen) atoms. The van der Waals surface area contributed by atoms with Gasteiger partial charge in [-0.05, 0) is 59.9 Å². The molecule has 10 nitrogen and oxygen atoms in total. The van der Waals surface area contributed by atoms with Crippen LogP contribution in [0.15, 0.2) is 78.0 Å². The standard InChI is InChI=1S/C31H29F4N7O3S/c1-4-25(38-39-29(44)37-30-42(27(43)16-46-30)26-15-21(32)9-14-24(26)18(2)3)19-5-7-20(8-6-19)28-36-17-41(40-28)22-10-12-23(13-11-22)45-31(33,34)35/h5-15,17-18,25,38H,4,16H2,1-3H3,(H,39,44)/b37-30-. The lowest BCUT2D eigenvalue weighted by atomic mass is 10.0. The van der Waals surface area contributed by atoms with Crippen molar-refractivity contribution in [2.75, 3.05) is 10.7 Å². The Morgan fingerprint density at radius 3 is 2.46 bits per heavy atom. The zero-order valence-electron chi connectivity index (χ0n) is 24.9. The minimum atomic E-state index is -4.78. The molecule has 2 N–H and O–H groups in total. The van der Waals surface area contributed by atoms with Gasteiger partial charge in [-0.1, -0.05) is 62.9 Å². The molecule has 15 heteroatoms. The second-order valence-electron chi connectivity index (χ2n) is 10.5. The zero-order chi connectivity index (χ0) is 33.0. The van der Waals surface area contributed by atoms with Crippen LogP contribution >= 0.6 is 11.8 Å². The SMILES string of the molecule is CCC(NNC(=O)/N=C1\SCC(=O)N1c1cc(F)ccc1C(C)C)c1ccc(-c2ncn(-c3ccc(OC(F)(F)F)cc3)n2)cc1. The summed E-state index contributed by atoms with van der Waals surface area (Å²) in [5, 5.41) is 4.57. The molecule has 1 unspecified atom stereocenters. The number of nitrogens with zero attached hydrogens (tertiary/aromatic N) is 5. The third-order valence-electron chi connectivity index (χ3n) is 6.98. The Balaban J connectivity index is 1.23. The number of carbonyl (C=O) groups is 2. The zero-order valence-corrected chi connectivity index (χ0v) is 25.7. The van der Waals surface area contributed by atoms with Crippen molar-refractivity contribution >= 4 is 34.6 Å². The fourth-order valence-electron chi connectivity index (χ4n) is 4.75. The molecule has 3 amide bonds. The summed E-state index contributed by atoms with van der Waals surface area (Å²) in [6, 6.07) is 15.8. The number of ether oxygens (including phenoxy) is 1. The van der Waals surface area contributed by atoms with Gasteiger partial charge in [0.2, 0.25) is 5.91 Å². The molecule has 1 atom stereocenters. The first kappa shape index (κ1) is 32.6. The highest BCUT2D eigenvalue weighted by molar-refractivity contribution is 8.15. The van der Waals surface area contributed by atoms with Crippen LogP contribution in [0.1, 0.15) is 50.3 Å². The number of carbonyl (C=O) groups excluding carboxylic acids is 2. The predicted molar refractivity (Wildman–Crippen MR) is 166 cm³/mol. The van der Waals surface area contributed by atoms with Gasteiger partial charge in [-0.25, -0.2) is 24.3 Å². The van der Waals surface area contributed by atoms with E-state index in [9.17, 15) is 27.2 Å². The Morgan fingerprint density at radius 2 is 1.80 bits per heavy atom. The molecule has 0 saturated carbocycles. The van der Waals surface area contributed by atoms with Crippen molar-refractivity contribution < 1.29 is 31.9 Å².